The molecule has 0 saturated heterocycles. The Morgan fingerprint density at radius 1 is 0.623 bits per heavy atom. The molecule has 4 heteroatoms. The van der Waals surface area contributed by atoms with Gasteiger partial charge in [0.25, 0.3) is 0 Å². The minimum atomic E-state index is 0.226. The summed E-state index contributed by atoms with van der Waals surface area (Å²) in [5.74, 6) is 1.39. The second-order valence-electron chi connectivity index (χ2n) is 14.0. The van der Waals surface area contributed by atoms with Gasteiger partial charge in [0, 0.05) is 46.3 Å². The summed E-state index contributed by atoms with van der Waals surface area (Å²) >= 11 is 0. The van der Waals surface area contributed by atoms with E-state index in [2.05, 4.69) is 144 Å². The summed E-state index contributed by atoms with van der Waals surface area (Å²) in [6.07, 6.45) is 6.56. The quantitative estimate of drug-likeness (QED) is 0.182. The minimum absolute atomic E-state index is 0.226. The van der Waals surface area contributed by atoms with E-state index in [4.69, 9.17) is 9.98 Å². The molecule has 53 heavy (non-hydrogen) atoms. The molecule has 250 valence electrons. The maximum absolute atomic E-state index is 9.57. The van der Waals surface area contributed by atoms with E-state index in [9.17, 15) is 5.26 Å². The Morgan fingerprint density at radius 2 is 1.30 bits per heavy atom. The number of nitriles is 1. The van der Waals surface area contributed by atoms with Crippen molar-refractivity contribution in [3.63, 3.8) is 0 Å². The van der Waals surface area contributed by atoms with E-state index in [0.717, 1.165) is 58.1 Å². The molecule has 7 aromatic rings. The van der Waals surface area contributed by atoms with Crippen LogP contribution in [-0.4, -0.2) is 15.3 Å². The van der Waals surface area contributed by atoms with Gasteiger partial charge in [0.05, 0.1) is 28.7 Å². The van der Waals surface area contributed by atoms with Crippen molar-refractivity contribution >= 4 is 17.0 Å². The fraction of sp³-hybridized carbons (Fsp3) is 0.0816. The van der Waals surface area contributed by atoms with Crippen LogP contribution in [0.5, 0.6) is 0 Å². The lowest BCUT2D eigenvalue weighted by atomic mass is 9.81. The van der Waals surface area contributed by atoms with Crippen LogP contribution in [0.3, 0.4) is 0 Å². The number of hydrogen-bond acceptors (Lipinski definition) is 3. The van der Waals surface area contributed by atoms with Crippen molar-refractivity contribution in [3.8, 4) is 45.7 Å². The van der Waals surface area contributed by atoms with Gasteiger partial charge in [-0.05, 0) is 70.2 Å². The van der Waals surface area contributed by atoms with Gasteiger partial charge in [-0.2, -0.15) is 5.26 Å². The molecule has 1 aliphatic heterocycles. The predicted octanol–water partition coefficient (Wildman–Crippen LogP) is 11.9. The number of fused-ring (bicyclic) bond motifs is 8. The average Bonchev–Trinajstić information content (AvgIpc) is 3.60. The molecule has 0 N–H and O–H groups in total. The Morgan fingerprint density at radius 3 is 2.06 bits per heavy atom. The number of rotatable bonds is 5. The molecule has 2 bridgehead atoms. The largest absolute Gasteiger partial charge is 0.292 e. The van der Waals surface area contributed by atoms with E-state index in [0.29, 0.717) is 11.5 Å². The molecule has 3 aliphatic rings. The predicted molar refractivity (Wildman–Crippen MR) is 214 cm³/mol. The van der Waals surface area contributed by atoms with E-state index in [1.54, 1.807) is 0 Å². The molecule has 4 nitrogen and oxygen atoms in total. The van der Waals surface area contributed by atoms with Crippen molar-refractivity contribution in [3.05, 3.63) is 203 Å². The van der Waals surface area contributed by atoms with Crippen LogP contribution in [0, 0.1) is 11.3 Å². The molecule has 2 aliphatic carbocycles. The van der Waals surface area contributed by atoms with Crippen LogP contribution >= 0.6 is 0 Å². The van der Waals surface area contributed by atoms with Gasteiger partial charge in [-0.25, -0.2) is 4.98 Å². The average molecular weight is 679 g/mol. The van der Waals surface area contributed by atoms with Gasteiger partial charge in [-0.15, -0.1) is 0 Å². The topological polar surface area (TPSA) is 54.0 Å². The van der Waals surface area contributed by atoms with Crippen molar-refractivity contribution in [2.75, 3.05) is 0 Å². The number of para-hydroxylation sites is 1. The maximum Gasteiger partial charge on any atom is 0.145 e. The zero-order valence-electron chi connectivity index (χ0n) is 29.0. The number of imidazole rings is 1. The van der Waals surface area contributed by atoms with Gasteiger partial charge in [-0.3, -0.25) is 9.56 Å². The van der Waals surface area contributed by atoms with E-state index in [1.165, 1.54) is 39.1 Å². The van der Waals surface area contributed by atoms with Crippen molar-refractivity contribution in [1.82, 2.24) is 9.55 Å². The molecule has 1 aromatic heterocycles. The van der Waals surface area contributed by atoms with Gasteiger partial charge >= 0.3 is 0 Å². The SMILES string of the molecule is N#Cc1ccc(-n2c(-c3ccc(C4C=CC5=C(C4)C4=Nc6ccccc6C(C4)c4ccccc45)cc3)nc(-c3ccccc3)c2-c2ccccc2)cc1. The van der Waals surface area contributed by atoms with Gasteiger partial charge in [0.2, 0.25) is 0 Å². The standard InChI is InChI=1S/C49H34N4/c50-31-32-19-26-38(27-20-32)53-48(35-13-5-2-6-14-35)47(34-11-3-1-4-12-34)52-49(53)36-23-21-33(22-24-36)37-25-28-41-39-15-7-8-16-40(39)43-30-46(44(41)29-37)51-45-18-10-9-17-42(43)45/h1-28,37,43H,29-30H2. The van der Waals surface area contributed by atoms with Crippen LogP contribution in [-0.2, 0) is 0 Å². The number of aromatic nitrogens is 2. The highest BCUT2D eigenvalue weighted by Crippen LogP contribution is 2.49. The Labute approximate surface area is 309 Å². The maximum atomic E-state index is 9.57. The molecule has 0 fully saturated rings. The van der Waals surface area contributed by atoms with Crippen LogP contribution in [0.4, 0.5) is 5.69 Å². The lowest BCUT2D eigenvalue weighted by molar-refractivity contribution is 0.816. The monoisotopic (exact) mass is 678 g/mol. The third-order valence-electron chi connectivity index (χ3n) is 11.0. The first kappa shape index (κ1) is 30.9. The fourth-order valence-electron chi connectivity index (χ4n) is 8.45. The highest BCUT2D eigenvalue weighted by molar-refractivity contribution is 6.12. The number of benzene rings is 6. The van der Waals surface area contributed by atoms with E-state index in [1.807, 2.05) is 36.4 Å². The second-order valence-corrected chi connectivity index (χ2v) is 14.0. The number of hydrogen-bond donors (Lipinski definition) is 0. The third-order valence-corrected chi connectivity index (χ3v) is 11.0. The summed E-state index contributed by atoms with van der Waals surface area (Å²) in [7, 11) is 0. The van der Waals surface area contributed by atoms with E-state index < -0.39 is 0 Å². The summed E-state index contributed by atoms with van der Waals surface area (Å²) in [5, 5.41) is 9.57. The first-order valence-electron chi connectivity index (χ1n) is 18.3. The molecular weight excluding hydrogens is 645 g/mol. The summed E-state index contributed by atoms with van der Waals surface area (Å²) in [6.45, 7) is 0. The highest BCUT2D eigenvalue weighted by Gasteiger charge is 2.34. The van der Waals surface area contributed by atoms with Gasteiger partial charge in [-0.1, -0.05) is 140 Å². The second kappa shape index (κ2) is 12.7. The normalized spacial score (nSPS) is 16.8. The molecule has 0 spiro atoms. The molecule has 0 radical (unpaired) electrons. The zero-order chi connectivity index (χ0) is 35.3. The van der Waals surface area contributed by atoms with Crippen molar-refractivity contribution < 1.29 is 0 Å². The number of aliphatic imine (C=N–C) groups is 1. The third kappa shape index (κ3) is 5.29. The van der Waals surface area contributed by atoms with Crippen molar-refractivity contribution in [2.45, 2.75) is 24.7 Å². The molecule has 10 rings (SSSR count). The smallest absolute Gasteiger partial charge is 0.145 e. The fourth-order valence-corrected chi connectivity index (χ4v) is 8.45. The first-order valence-corrected chi connectivity index (χ1v) is 18.3. The van der Waals surface area contributed by atoms with Crippen LogP contribution in [0.2, 0.25) is 0 Å². The van der Waals surface area contributed by atoms with Gasteiger partial charge < -0.3 is 0 Å². The Hall–Kier alpha value is -6.83. The highest BCUT2D eigenvalue weighted by atomic mass is 15.1. The van der Waals surface area contributed by atoms with Crippen LogP contribution in [0.15, 0.2) is 180 Å². The van der Waals surface area contributed by atoms with Crippen LogP contribution < -0.4 is 0 Å². The first-order chi connectivity index (χ1) is 26.2. The van der Waals surface area contributed by atoms with E-state index >= 15 is 0 Å². The summed E-state index contributed by atoms with van der Waals surface area (Å²) < 4.78 is 2.24. The summed E-state index contributed by atoms with van der Waals surface area (Å²) in [6, 6.07) is 57.4. The van der Waals surface area contributed by atoms with Crippen LogP contribution in [0.1, 0.15) is 52.5 Å². The van der Waals surface area contributed by atoms with Crippen LogP contribution in [0.25, 0.3) is 45.2 Å². The van der Waals surface area contributed by atoms with Gasteiger partial charge in [0.15, 0.2) is 0 Å². The molecule has 0 amide bonds. The minimum Gasteiger partial charge on any atom is -0.292 e. The Bertz CT molecular complexity index is 2650. The Kier molecular flexibility index (Phi) is 7.44. The van der Waals surface area contributed by atoms with Crippen molar-refractivity contribution in [1.29, 1.82) is 5.26 Å². The number of nitrogens with zero attached hydrogens (tertiary/aromatic N) is 4. The molecule has 2 atom stereocenters. The Balaban J connectivity index is 1.07. The van der Waals surface area contributed by atoms with E-state index in [-0.39, 0.29) is 5.92 Å². The lowest BCUT2D eigenvalue weighted by Gasteiger charge is -2.26. The molecule has 6 aromatic carbocycles. The molecule has 2 unspecified atom stereocenters. The number of allylic oxidation sites excluding steroid dienone is 4. The zero-order valence-corrected chi connectivity index (χ0v) is 29.0. The summed E-state index contributed by atoms with van der Waals surface area (Å²) in [4.78, 5) is 10.7. The van der Waals surface area contributed by atoms with Crippen molar-refractivity contribution in [2.24, 2.45) is 4.99 Å². The van der Waals surface area contributed by atoms with Gasteiger partial charge in [0.1, 0.15) is 5.82 Å². The lowest BCUT2D eigenvalue weighted by Crippen LogP contribution is -2.15. The molecule has 0 saturated carbocycles. The molecule has 2 heterocycles. The summed E-state index contributed by atoms with van der Waals surface area (Å²) in [5.41, 5.74) is 17.0. The molecular formula is C49H34N4.